The fourth-order valence-corrected chi connectivity index (χ4v) is 2.85. The number of nitrogens with zero attached hydrogens (tertiary/aromatic N) is 2. The van der Waals surface area contributed by atoms with Crippen LogP contribution < -0.4 is 5.32 Å². The number of aromatic nitrogens is 2. The summed E-state index contributed by atoms with van der Waals surface area (Å²) in [5.74, 6) is -0.134. The van der Waals surface area contributed by atoms with E-state index >= 15 is 0 Å². The maximum absolute atomic E-state index is 12.2. The van der Waals surface area contributed by atoms with Crippen molar-refractivity contribution in [1.82, 2.24) is 10.2 Å². The van der Waals surface area contributed by atoms with E-state index in [1.54, 1.807) is 42.1 Å². The van der Waals surface area contributed by atoms with Gasteiger partial charge in [-0.05, 0) is 48.7 Å². The number of carbonyl (C=O) groups is 1. The molecule has 3 aromatic rings. The first kappa shape index (κ1) is 16.8. The number of benzene rings is 2. The van der Waals surface area contributed by atoms with Crippen LogP contribution in [0.15, 0.2) is 51.8 Å². The zero-order valence-electron chi connectivity index (χ0n) is 12.4. The molecule has 122 valence electrons. The van der Waals surface area contributed by atoms with Gasteiger partial charge in [0.15, 0.2) is 0 Å². The molecule has 8 heteroatoms. The van der Waals surface area contributed by atoms with E-state index in [4.69, 9.17) is 27.6 Å². The van der Waals surface area contributed by atoms with Crippen LogP contribution in [0.5, 0.6) is 0 Å². The minimum Gasteiger partial charge on any atom is -0.403 e. The summed E-state index contributed by atoms with van der Waals surface area (Å²) in [4.78, 5) is 13.3. The van der Waals surface area contributed by atoms with E-state index in [9.17, 15) is 4.79 Å². The topological polar surface area (TPSA) is 68.0 Å². The molecule has 5 nitrogen and oxygen atoms in total. The third-order valence-electron chi connectivity index (χ3n) is 3.16. The number of thioether (sulfide) groups is 1. The molecular formula is C16H11Cl2N3O2S. The third kappa shape index (κ3) is 3.72. The number of hydrogen-bond donors (Lipinski definition) is 1. The van der Waals surface area contributed by atoms with Gasteiger partial charge in [-0.3, -0.25) is 10.1 Å². The van der Waals surface area contributed by atoms with Gasteiger partial charge in [-0.2, -0.15) is 0 Å². The summed E-state index contributed by atoms with van der Waals surface area (Å²) in [6, 6.07) is 12.1. The lowest BCUT2D eigenvalue weighted by Gasteiger charge is -2.02. The van der Waals surface area contributed by atoms with E-state index < -0.39 is 0 Å². The van der Waals surface area contributed by atoms with Crippen molar-refractivity contribution in [2.24, 2.45) is 0 Å². The fraction of sp³-hybridized carbons (Fsp3) is 0.0625. The summed E-state index contributed by atoms with van der Waals surface area (Å²) in [7, 11) is 0. The van der Waals surface area contributed by atoms with Gasteiger partial charge in [0.2, 0.25) is 0 Å². The highest BCUT2D eigenvalue weighted by atomic mass is 35.5. The second kappa shape index (κ2) is 7.25. The fourth-order valence-electron chi connectivity index (χ4n) is 1.96. The Labute approximate surface area is 152 Å². The number of hydrogen-bond acceptors (Lipinski definition) is 5. The van der Waals surface area contributed by atoms with E-state index in [-0.39, 0.29) is 17.8 Å². The van der Waals surface area contributed by atoms with Gasteiger partial charge >= 0.3 is 6.01 Å². The van der Waals surface area contributed by atoms with Gasteiger partial charge in [-0.25, -0.2) is 0 Å². The molecule has 1 heterocycles. The molecule has 1 N–H and O–H groups in total. The van der Waals surface area contributed by atoms with Crippen molar-refractivity contribution in [2.45, 2.75) is 4.90 Å². The lowest BCUT2D eigenvalue weighted by Crippen LogP contribution is -2.11. The van der Waals surface area contributed by atoms with Crippen LogP contribution in [-0.2, 0) is 0 Å². The summed E-state index contributed by atoms with van der Waals surface area (Å²) in [5.41, 5.74) is 1.04. The summed E-state index contributed by atoms with van der Waals surface area (Å²) in [6.45, 7) is 0. The van der Waals surface area contributed by atoms with Gasteiger partial charge in [0.25, 0.3) is 11.8 Å². The number of rotatable bonds is 4. The number of halogens is 2. The van der Waals surface area contributed by atoms with Crippen molar-refractivity contribution in [2.75, 3.05) is 11.6 Å². The smallest absolute Gasteiger partial charge is 0.322 e. The van der Waals surface area contributed by atoms with Gasteiger partial charge in [0, 0.05) is 15.5 Å². The van der Waals surface area contributed by atoms with Gasteiger partial charge < -0.3 is 4.42 Å². The predicted molar refractivity (Wildman–Crippen MR) is 95.9 cm³/mol. The van der Waals surface area contributed by atoms with Crippen LogP contribution in [-0.4, -0.2) is 22.4 Å². The highest BCUT2D eigenvalue weighted by molar-refractivity contribution is 7.98. The Kier molecular flexibility index (Phi) is 5.08. The Morgan fingerprint density at radius 3 is 2.54 bits per heavy atom. The zero-order chi connectivity index (χ0) is 17.1. The monoisotopic (exact) mass is 379 g/mol. The Morgan fingerprint density at radius 2 is 1.88 bits per heavy atom. The predicted octanol–water partition coefficient (Wildman–Crippen LogP) is 5.02. The number of amides is 1. The van der Waals surface area contributed by atoms with Crippen molar-refractivity contribution in [1.29, 1.82) is 0 Å². The second-order valence-corrected chi connectivity index (χ2v) is 6.44. The molecular weight excluding hydrogens is 369 g/mol. The molecule has 1 amide bonds. The van der Waals surface area contributed by atoms with Gasteiger partial charge in [-0.15, -0.1) is 16.9 Å². The molecule has 2 aromatic carbocycles. The van der Waals surface area contributed by atoms with Crippen molar-refractivity contribution in [3.05, 3.63) is 58.1 Å². The largest absolute Gasteiger partial charge is 0.403 e. The summed E-state index contributed by atoms with van der Waals surface area (Å²) in [5, 5.41) is 11.2. The van der Waals surface area contributed by atoms with Crippen LogP contribution in [0.4, 0.5) is 6.01 Å². The van der Waals surface area contributed by atoms with Crippen LogP contribution in [0.25, 0.3) is 11.5 Å². The first-order chi connectivity index (χ1) is 11.6. The van der Waals surface area contributed by atoms with Crippen LogP contribution in [0.1, 0.15) is 10.4 Å². The molecule has 24 heavy (non-hydrogen) atoms. The first-order valence-corrected chi connectivity index (χ1v) is 8.79. The Morgan fingerprint density at radius 1 is 1.12 bits per heavy atom. The molecule has 3 rings (SSSR count). The molecule has 0 atom stereocenters. The molecule has 0 saturated carbocycles. The van der Waals surface area contributed by atoms with E-state index in [1.165, 1.54) is 0 Å². The maximum atomic E-state index is 12.2. The Bertz CT molecular complexity index is 881. The van der Waals surface area contributed by atoms with E-state index in [0.29, 0.717) is 21.2 Å². The maximum Gasteiger partial charge on any atom is 0.322 e. The van der Waals surface area contributed by atoms with E-state index in [0.717, 1.165) is 4.90 Å². The first-order valence-electron chi connectivity index (χ1n) is 6.81. The molecule has 0 bridgehead atoms. The quantitative estimate of drug-likeness (QED) is 0.644. The highest BCUT2D eigenvalue weighted by Crippen LogP contribution is 2.30. The average molecular weight is 380 g/mol. The minimum atomic E-state index is -0.333. The van der Waals surface area contributed by atoms with Crippen molar-refractivity contribution in [3.8, 4) is 11.5 Å². The molecule has 0 aliphatic heterocycles. The minimum absolute atomic E-state index is 0.00467. The summed E-state index contributed by atoms with van der Waals surface area (Å²) >= 11 is 13.6. The zero-order valence-corrected chi connectivity index (χ0v) is 14.7. The summed E-state index contributed by atoms with van der Waals surface area (Å²) in [6.07, 6.45) is 1.97. The number of anilines is 1. The molecule has 0 spiro atoms. The molecule has 0 saturated heterocycles. The van der Waals surface area contributed by atoms with Crippen LogP contribution in [0.2, 0.25) is 10.0 Å². The molecule has 1 aromatic heterocycles. The normalized spacial score (nSPS) is 10.6. The van der Waals surface area contributed by atoms with Gasteiger partial charge in [0.05, 0.1) is 10.6 Å². The third-order valence-corrected chi connectivity index (χ3v) is 4.45. The SMILES string of the molecule is CSc1ccc(C(=O)Nc2nnc(-c3ccc(Cl)cc3Cl)o2)cc1. The lowest BCUT2D eigenvalue weighted by molar-refractivity contribution is 0.102. The Balaban J connectivity index is 1.76. The van der Waals surface area contributed by atoms with Crippen LogP contribution in [0.3, 0.4) is 0 Å². The number of carbonyl (C=O) groups excluding carboxylic acids is 1. The molecule has 0 aliphatic carbocycles. The van der Waals surface area contributed by atoms with Crippen molar-refractivity contribution >= 4 is 46.9 Å². The molecule has 0 radical (unpaired) electrons. The van der Waals surface area contributed by atoms with E-state index in [1.807, 2.05) is 18.4 Å². The van der Waals surface area contributed by atoms with Crippen LogP contribution >= 0.6 is 35.0 Å². The van der Waals surface area contributed by atoms with Gasteiger partial charge in [-0.1, -0.05) is 28.3 Å². The average Bonchev–Trinajstić information content (AvgIpc) is 3.03. The van der Waals surface area contributed by atoms with E-state index in [2.05, 4.69) is 15.5 Å². The Hall–Kier alpha value is -2.02. The van der Waals surface area contributed by atoms with Gasteiger partial charge in [0.1, 0.15) is 0 Å². The number of nitrogens with one attached hydrogen (secondary N) is 1. The lowest BCUT2D eigenvalue weighted by atomic mass is 10.2. The van der Waals surface area contributed by atoms with Crippen LogP contribution in [0, 0.1) is 0 Å². The highest BCUT2D eigenvalue weighted by Gasteiger charge is 2.15. The molecule has 0 aliphatic rings. The molecule has 0 unspecified atom stereocenters. The second-order valence-electron chi connectivity index (χ2n) is 4.72. The standard InChI is InChI=1S/C16H11Cl2N3O2S/c1-24-11-5-2-9(3-6-11)14(22)19-16-21-20-15(23-16)12-7-4-10(17)8-13(12)18/h2-8H,1H3,(H,19,21,22). The van der Waals surface area contributed by atoms with Crippen molar-refractivity contribution < 1.29 is 9.21 Å². The molecule has 0 fully saturated rings. The van der Waals surface area contributed by atoms with Crippen molar-refractivity contribution in [3.63, 3.8) is 0 Å². The summed E-state index contributed by atoms with van der Waals surface area (Å²) < 4.78 is 5.44.